The lowest BCUT2D eigenvalue weighted by Gasteiger charge is -2.34. The number of hydrogen-bond acceptors (Lipinski definition) is 3. The SMILES string of the molecule is C=C(C)[C@@H]1CCC(C=O)=C[C@H]1C(OCC)OCC. The average Bonchev–Trinajstić information content (AvgIpc) is 2.37. The summed E-state index contributed by atoms with van der Waals surface area (Å²) in [5, 5.41) is 0. The summed E-state index contributed by atoms with van der Waals surface area (Å²) < 4.78 is 11.3. The van der Waals surface area contributed by atoms with E-state index in [2.05, 4.69) is 6.58 Å². The highest BCUT2D eigenvalue weighted by Crippen LogP contribution is 2.36. The first-order valence-electron chi connectivity index (χ1n) is 6.68. The Morgan fingerprint density at radius 2 is 2.11 bits per heavy atom. The first kappa shape index (κ1) is 15.1. The van der Waals surface area contributed by atoms with Gasteiger partial charge in [-0.15, -0.1) is 0 Å². The maximum atomic E-state index is 10.9. The smallest absolute Gasteiger partial charge is 0.164 e. The molecule has 0 aromatic rings. The van der Waals surface area contributed by atoms with Crippen LogP contribution < -0.4 is 0 Å². The van der Waals surface area contributed by atoms with Gasteiger partial charge in [0.1, 0.15) is 6.29 Å². The van der Waals surface area contributed by atoms with Gasteiger partial charge in [-0.2, -0.15) is 0 Å². The van der Waals surface area contributed by atoms with Crippen LogP contribution in [-0.4, -0.2) is 25.8 Å². The lowest BCUT2D eigenvalue weighted by atomic mass is 9.77. The molecule has 0 fully saturated rings. The number of allylic oxidation sites excluding steroid dienone is 2. The van der Waals surface area contributed by atoms with Crippen LogP contribution in [0.5, 0.6) is 0 Å². The minimum Gasteiger partial charge on any atom is -0.352 e. The lowest BCUT2D eigenvalue weighted by molar-refractivity contribution is -0.166. The summed E-state index contributed by atoms with van der Waals surface area (Å²) in [6, 6.07) is 0. The van der Waals surface area contributed by atoms with Gasteiger partial charge in [-0.1, -0.05) is 18.2 Å². The minimum atomic E-state index is -0.281. The molecule has 0 heterocycles. The Kier molecular flexibility index (Phi) is 6.30. The van der Waals surface area contributed by atoms with Crippen LogP contribution >= 0.6 is 0 Å². The normalized spacial score (nSPS) is 23.9. The molecule has 1 aliphatic carbocycles. The Labute approximate surface area is 110 Å². The maximum absolute atomic E-state index is 10.9. The molecule has 1 aliphatic rings. The van der Waals surface area contributed by atoms with Gasteiger partial charge in [0.2, 0.25) is 0 Å². The van der Waals surface area contributed by atoms with E-state index in [1.807, 2.05) is 26.8 Å². The van der Waals surface area contributed by atoms with E-state index in [-0.39, 0.29) is 12.2 Å². The second-order valence-corrected chi connectivity index (χ2v) is 4.71. The van der Waals surface area contributed by atoms with Crippen molar-refractivity contribution in [2.24, 2.45) is 11.8 Å². The van der Waals surface area contributed by atoms with Crippen LogP contribution in [0, 0.1) is 11.8 Å². The Morgan fingerprint density at radius 1 is 1.50 bits per heavy atom. The van der Waals surface area contributed by atoms with Gasteiger partial charge in [0.15, 0.2) is 6.29 Å². The van der Waals surface area contributed by atoms with Crippen molar-refractivity contribution in [3.63, 3.8) is 0 Å². The molecule has 3 nitrogen and oxygen atoms in total. The number of carbonyl (C=O) groups is 1. The molecule has 2 atom stereocenters. The number of carbonyl (C=O) groups excluding carboxylic acids is 1. The van der Waals surface area contributed by atoms with Crippen molar-refractivity contribution in [1.29, 1.82) is 0 Å². The third-order valence-electron chi connectivity index (χ3n) is 3.38. The van der Waals surface area contributed by atoms with E-state index in [1.54, 1.807) is 0 Å². The predicted octanol–water partition coefficient (Wildman–Crippen LogP) is 3.11. The van der Waals surface area contributed by atoms with E-state index in [4.69, 9.17) is 9.47 Å². The van der Waals surface area contributed by atoms with Crippen LogP contribution in [0.3, 0.4) is 0 Å². The zero-order valence-corrected chi connectivity index (χ0v) is 11.6. The van der Waals surface area contributed by atoms with Crippen molar-refractivity contribution in [2.75, 3.05) is 13.2 Å². The van der Waals surface area contributed by atoms with Gasteiger partial charge in [0.05, 0.1) is 0 Å². The number of rotatable bonds is 7. The fraction of sp³-hybridized carbons (Fsp3) is 0.667. The van der Waals surface area contributed by atoms with Gasteiger partial charge in [-0.25, -0.2) is 0 Å². The molecule has 0 amide bonds. The maximum Gasteiger partial charge on any atom is 0.164 e. The zero-order valence-electron chi connectivity index (χ0n) is 11.6. The Morgan fingerprint density at radius 3 is 2.56 bits per heavy atom. The highest BCUT2D eigenvalue weighted by atomic mass is 16.7. The molecular weight excluding hydrogens is 228 g/mol. The molecule has 0 radical (unpaired) electrons. The lowest BCUT2D eigenvalue weighted by Crippen LogP contribution is -2.34. The first-order valence-corrected chi connectivity index (χ1v) is 6.68. The molecule has 0 aromatic carbocycles. The van der Waals surface area contributed by atoms with Crippen LogP contribution in [0.15, 0.2) is 23.8 Å². The van der Waals surface area contributed by atoms with Gasteiger partial charge < -0.3 is 9.47 Å². The molecule has 0 aliphatic heterocycles. The third-order valence-corrected chi connectivity index (χ3v) is 3.38. The quantitative estimate of drug-likeness (QED) is 0.397. The second-order valence-electron chi connectivity index (χ2n) is 4.71. The molecule has 0 bridgehead atoms. The summed E-state index contributed by atoms with van der Waals surface area (Å²) in [4.78, 5) is 10.9. The van der Waals surface area contributed by atoms with Gasteiger partial charge in [-0.3, -0.25) is 4.79 Å². The van der Waals surface area contributed by atoms with Gasteiger partial charge >= 0.3 is 0 Å². The predicted molar refractivity (Wildman–Crippen MR) is 72.2 cm³/mol. The zero-order chi connectivity index (χ0) is 13.5. The summed E-state index contributed by atoms with van der Waals surface area (Å²) in [5.41, 5.74) is 1.98. The summed E-state index contributed by atoms with van der Waals surface area (Å²) in [6.45, 7) is 11.2. The van der Waals surface area contributed by atoms with Gasteiger partial charge in [0, 0.05) is 19.1 Å². The molecular formula is C15H24O3. The minimum absolute atomic E-state index is 0.0938. The molecule has 0 saturated heterocycles. The van der Waals surface area contributed by atoms with Crippen molar-refractivity contribution < 1.29 is 14.3 Å². The average molecular weight is 252 g/mol. The fourth-order valence-corrected chi connectivity index (χ4v) is 2.50. The van der Waals surface area contributed by atoms with E-state index in [1.165, 1.54) is 0 Å². The van der Waals surface area contributed by atoms with Crippen LogP contribution in [-0.2, 0) is 14.3 Å². The topological polar surface area (TPSA) is 35.5 Å². The Balaban J connectivity index is 2.93. The number of aldehydes is 1. The molecule has 18 heavy (non-hydrogen) atoms. The molecule has 0 saturated carbocycles. The second kappa shape index (κ2) is 7.49. The van der Waals surface area contributed by atoms with Crippen LogP contribution in [0.4, 0.5) is 0 Å². The molecule has 102 valence electrons. The van der Waals surface area contributed by atoms with Crippen molar-refractivity contribution >= 4 is 6.29 Å². The third kappa shape index (κ3) is 3.79. The number of ether oxygens (including phenoxy) is 2. The van der Waals surface area contributed by atoms with E-state index < -0.39 is 0 Å². The largest absolute Gasteiger partial charge is 0.352 e. The highest BCUT2D eigenvalue weighted by molar-refractivity contribution is 5.73. The van der Waals surface area contributed by atoms with Crippen molar-refractivity contribution in [1.82, 2.24) is 0 Å². The molecule has 3 heteroatoms. The van der Waals surface area contributed by atoms with Crippen molar-refractivity contribution in [3.05, 3.63) is 23.8 Å². The summed E-state index contributed by atoms with van der Waals surface area (Å²) >= 11 is 0. The Hall–Kier alpha value is -0.930. The van der Waals surface area contributed by atoms with E-state index >= 15 is 0 Å². The van der Waals surface area contributed by atoms with E-state index in [0.717, 1.165) is 30.3 Å². The molecule has 0 aromatic heterocycles. The van der Waals surface area contributed by atoms with E-state index in [0.29, 0.717) is 19.1 Å². The summed E-state index contributed by atoms with van der Waals surface area (Å²) in [5.74, 6) is 0.424. The molecule has 0 unspecified atom stereocenters. The summed E-state index contributed by atoms with van der Waals surface area (Å²) in [6.07, 6.45) is 4.43. The van der Waals surface area contributed by atoms with Crippen LogP contribution in [0.1, 0.15) is 33.6 Å². The standard InChI is InChI=1S/C15H24O3/c1-5-17-15(18-6-2)14-9-12(10-16)7-8-13(14)11(3)4/h9-10,13-15H,3,5-8H2,1-2,4H3/t13-,14+/m0/s1. The van der Waals surface area contributed by atoms with E-state index in [9.17, 15) is 4.79 Å². The summed E-state index contributed by atoms with van der Waals surface area (Å²) in [7, 11) is 0. The highest BCUT2D eigenvalue weighted by Gasteiger charge is 2.32. The monoisotopic (exact) mass is 252 g/mol. The molecule has 0 spiro atoms. The van der Waals surface area contributed by atoms with Gasteiger partial charge in [0.25, 0.3) is 0 Å². The molecule has 0 N–H and O–H groups in total. The van der Waals surface area contributed by atoms with Crippen LogP contribution in [0.25, 0.3) is 0 Å². The number of hydrogen-bond donors (Lipinski definition) is 0. The van der Waals surface area contributed by atoms with Crippen LogP contribution in [0.2, 0.25) is 0 Å². The fourth-order valence-electron chi connectivity index (χ4n) is 2.50. The van der Waals surface area contributed by atoms with Gasteiger partial charge in [-0.05, 0) is 45.1 Å². The first-order chi connectivity index (χ1) is 8.63. The molecule has 1 rings (SSSR count). The van der Waals surface area contributed by atoms with Crippen molar-refractivity contribution in [2.45, 2.75) is 39.9 Å². The Bertz CT molecular complexity index is 314. The van der Waals surface area contributed by atoms with Crippen molar-refractivity contribution in [3.8, 4) is 0 Å².